The van der Waals surface area contributed by atoms with Crippen LogP contribution in [0.3, 0.4) is 0 Å². The molecule has 1 aliphatic rings. The van der Waals surface area contributed by atoms with Crippen molar-refractivity contribution in [1.29, 1.82) is 0 Å². The van der Waals surface area contributed by atoms with Crippen LogP contribution in [0.4, 0.5) is 4.39 Å². The third-order valence-corrected chi connectivity index (χ3v) is 8.68. The summed E-state index contributed by atoms with van der Waals surface area (Å²) < 4.78 is 21.2. The Balaban J connectivity index is 1.74. The molecule has 1 aromatic carbocycles. The predicted molar refractivity (Wildman–Crippen MR) is 156 cm³/mol. The molecule has 3 heteroatoms. The highest BCUT2D eigenvalue weighted by Gasteiger charge is 2.40. The fourth-order valence-corrected chi connectivity index (χ4v) is 6.58. The fraction of sp³-hybridized carbons (Fsp3) is 0.676. The summed E-state index contributed by atoms with van der Waals surface area (Å²) in [4.78, 5) is 4.84. The number of nitrogens with zero attached hydrogens (tertiary/aromatic N) is 1. The van der Waals surface area contributed by atoms with Crippen molar-refractivity contribution >= 4 is 0 Å². The highest BCUT2D eigenvalue weighted by atomic mass is 19.1. The smallest absolute Gasteiger partial charge is 0.136 e. The first-order valence-corrected chi connectivity index (χ1v) is 15.5. The molecule has 1 aromatic heterocycles. The minimum absolute atomic E-state index is 0.0968. The molecule has 1 fully saturated rings. The average Bonchev–Trinajstić information content (AvgIpc) is 2.91. The minimum Gasteiger partial charge on any atom is -0.491 e. The molecule has 0 radical (unpaired) electrons. The molecule has 1 heterocycles. The topological polar surface area (TPSA) is 22.1 Å². The number of halogens is 1. The molecule has 206 valence electrons. The third-order valence-electron chi connectivity index (χ3n) is 8.68. The van der Waals surface area contributed by atoms with Crippen molar-refractivity contribution < 1.29 is 9.13 Å². The summed E-state index contributed by atoms with van der Waals surface area (Å²) in [6.07, 6.45) is 22.3. The lowest BCUT2D eigenvalue weighted by atomic mass is 9.60. The molecule has 0 spiro atoms. The number of hydrogen-bond acceptors (Lipinski definition) is 2. The predicted octanol–water partition coefficient (Wildman–Crippen LogP) is 10.8. The van der Waals surface area contributed by atoms with E-state index in [-0.39, 0.29) is 17.3 Å². The van der Waals surface area contributed by atoms with E-state index in [0.717, 1.165) is 12.8 Å². The first kappa shape index (κ1) is 29.7. The molecule has 2 nitrogen and oxygen atoms in total. The normalized spacial score (nSPS) is 16.9. The Kier molecular flexibility index (Phi) is 12.4. The monoisotopic (exact) mass is 509 g/mol. The van der Waals surface area contributed by atoms with Crippen LogP contribution in [0.1, 0.15) is 136 Å². The Morgan fingerprint density at radius 2 is 1.57 bits per heavy atom. The van der Waals surface area contributed by atoms with Gasteiger partial charge in [-0.1, -0.05) is 91.0 Å². The van der Waals surface area contributed by atoms with Gasteiger partial charge in [0.2, 0.25) is 0 Å². The van der Waals surface area contributed by atoms with Gasteiger partial charge in [-0.05, 0) is 80.5 Å². The Hall–Kier alpha value is -1.90. The van der Waals surface area contributed by atoms with Crippen LogP contribution in [0.2, 0.25) is 0 Å². The van der Waals surface area contributed by atoms with Crippen LogP contribution in [-0.4, -0.2) is 11.1 Å². The second-order valence-electron chi connectivity index (χ2n) is 11.5. The highest BCUT2D eigenvalue weighted by Crippen LogP contribution is 2.48. The molecule has 3 rings (SSSR count). The molecule has 2 aromatic rings. The summed E-state index contributed by atoms with van der Waals surface area (Å²) in [6, 6.07) is 9.57. The van der Waals surface area contributed by atoms with Crippen molar-refractivity contribution in [2.75, 3.05) is 0 Å². The van der Waals surface area contributed by atoms with Gasteiger partial charge >= 0.3 is 0 Å². The lowest BCUT2D eigenvalue weighted by Gasteiger charge is -2.44. The number of benzene rings is 1. The van der Waals surface area contributed by atoms with E-state index < -0.39 is 0 Å². The van der Waals surface area contributed by atoms with E-state index in [2.05, 4.69) is 46.0 Å². The number of pyridine rings is 1. The van der Waals surface area contributed by atoms with Crippen molar-refractivity contribution in [3.8, 4) is 17.0 Å². The summed E-state index contributed by atoms with van der Waals surface area (Å²) in [5, 5.41) is 0. The first-order chi connectivity index (χ1) is 18.0. The zero-order valence-electron chi connectivity index (χ0n) is 24.2. The van der Waals surface area contributed by atoms with Crippen molar-refractivity contribution in [3.63, 3.8) is 0 Å². The second-order valence-corrected chi connectivity index (χ2v) is 11.5. The number of ether oxygens (including phenoxy) is 1. The van der Waals surface area contributed by atoms with Crippen molar-refractivity contribution in [1.82, 2.24) is 4.98 Å². The molecule has 0 saturated heterocycles. The quantitative estimate of drug-likeness (QED) is 0.210. The van der Waals surface area contributed by atoms with E-state index >= 15 is 4.39 Å². The maximum Gasteiger partial charge on any atom is 0.136 e. The van der Waals surface area contributed by atoms with Crippen LogP contribution in [0.15, 0.2) is 36.5 Å². The van der Waals surface area contributed by atoms with Crippen molar-refractivity contribution in [2.24, 2.45) is 5.92 Å². The van der Waals surface area contributed by atoms with Crippen LogP contribution >= 0.6 is 0 Å². The largest absolute Gasteiger partial charge is 0.491 e. The molecule has 0 aliphatic heterocycles. The van der Waals surface area contributed by atoms with E-state index in [1.54, 1.807) is 0 Å². The number of hydrogen-bond donors (Lipinski definition) is 0. The van der Waals surface area contributed by atoms with Gasteiger partial charge in [0.25, 0.3) is 0 Å². The van der Waals surface area contributed by atoms with Gasteiger partial charge < -0.3 is 4.74 Å². The van der Waals surface area contributed by atoms with Crippen LogP contribution in [0.5, 0.6) is 5.75 Å². The standard InChI is InChI=1S/C34H52FNO/c1-5-8-10-13-17-27(4)37-30-20-21-31(32(35)25-30)33-22-19-29(26-36-33)34(23-14-11-15-24-34)28(16-7-3)18-12-9-6-2/h19-22,25-28H,5-18,23-24H2,1-4H3/t27-,28?/m0/s1. The van der Waals surface area contributed by atoms with Crippen LogP contribution in [-0.2, 0) is 5.41 Å². The molecule has 1 aliphatic carbocycles. The Labute approximate surface area is 226 Å². The first-order valence-electron chi connectivity index (χ1n) is 15.5. The molecule has 2 atom stereocenters. The summed E-state index contributed by atoms with van der Waals surface area (Å²) in [5.74, 6) is 1.07. The van der Waals surface area contributed by atoms with Crippen LogP contribution in [0.25, 0.3) is 11.3 Å². The van der Waals surface area contributed by atoms with Gasteiger partial charge in [0.1, 0.15) is 11.6 Å². The molecular weight excluding hydrogens is 457 g/mol. The average molecular weight is 510 g/mol. The SMILES string of the molecule is CCCCCC[C@H](C)Oc1ccc(-c2ccc(C3(C(CCC)CCCCC)CCCCC3)cn2)c(F)c1. The van der Waals surface area contributed by atoms with E-state index in [4.69, 9.17) is 9.72 Å². The third kappa shape index (κ3) is 8.29. The molecule has 0 bridgehead atoms. The summed E-state index contributed by atoms with van der Waals surface area (Å²) in [5.41, 5.74) is 2.88. The van der Waals surface area contributed by atoms with E-state index in [1.807, 2.05) is 12.1 Å². The van der Waals surface area contributed by atoms with Crippen molar-refractivity contribution in [2.45, 2.75) is 142 Å². The molecule has 1 saturated carbocycles. The van der Waals surface area contributed by atoms with Gasteiger partial charge in [-0.3, -0.25) is 4.98 Å². The van der Waals surface area contributed by atoms with Gasteiger partial charge in [0.05, 0.1) is 11.8 Å². The summed E-state index contributed by atoms with van der Waals surface area (Å²) in [7, 11) is 0. The Bertz CT molecular complexity index is 903. The number of unbranched alkanes of at least 4 members (excludes halogenated alkanes) is 5. The molecular formula is C34H52FNO. The Morgan fingerprint density at radius 3 is 2.22 bits per heavy atom. The number of aromatic nitrogens is 1. The lowest BCUT2D eigenvalue weighted by molar-refractivity contribution is 0.165. The fourth-order valence-electron chi connectivity index (χ4n) is 6.58. The zero-order valence-corrected chi connectivity index (χ0v) is 24.2. The summed E-state index contributed by atoms with van der Waals surface area (Å²) in [6.45, 7) is 8.92. The van der Waals surface area contributed by atoms with Crippen LogP contribution in [0, 0.1) is 11.7 Å². The van der Waals surface area contributed by atoms with E-state index in [9.17, 15) is 0 Å². The maximum absolute atomic E-state index is 15.2. The Morgan fingerprint density at radius 1 is 0.838 bits per heavy atom. The number of rotatable bonds is 16. The molecule has 1 unspecified atom stereocenters. The van der Waals surface area contributed by atoms with E-state index in [0.29, 0.717) is 22.9 Å². The molecule has 0 amide bonds. The molecule has 0 N–H and O–H groups in total. The zero-order chi connectivity index (χ0) is 26.5. The van der Waals surface area contributed by atoms with Crippen LogP contribution < -0.4 is 4.74 Å². The van der Waals surface area contributed by atoms with Gasteiger partial charge in [-0.25, -0.2) is 4.39 Å². The minimum atomic E-state index is -0.258. The van der Waals surface area contributed by atoms with Crippen molar-refractivity contribution in [3.05, 3.63) is 47.9 Å². The highest BCUT2D eigenvalue weighted by molar-refractivity contribution is 5.61. The van der Waals surface area contributed by atoms with Gasteiger partial charge in [0.15, 0.2) is 0 Å². The lowest BCUT2D eigenvalue weighted by Crippen LogP contribution is -2.37. The summed E-state index contributed by atoms with van der Waals surface area (Å²) >= 11 is 0. The van der Waals surface area contributed by atoms with Gasteiger partial charge in [-0.2, -0.15) is 0 Å². The molecule has 37 heavy (non-hydrogen) atoms. The van der Waals surface area contributed by atoms with Gasteiger partial charge in [-0.15, -0.1) is 0 Å². The van der Waals surface area contributed by atoms with Gasteiger partial charge in [0, 0.05) is 17.8 Å². The second kappa shape index (κ2) is 15.5. The van der Waals surface area contributed by atoms with E-state index in [1.165, 1.54) is 102 Å². The maximum atomic E-state index is 15.2.